The lowest BCUT2D eigenvalue weighted by Crippen LogP contribution is -2.45. The molecule has 450 valence electrons. The van der Waals surface area contributed by atoms with Gasteiger partial charge in [0.2, 0.25) is 5.91 Å². The van der Waals surface area contributed by atoms with Crippen molar-refractivity contribution in [1.82, 2.24) is 5.32 Å². The Morgan fingerprint density at radius 1 is 0.355 bits per heavy atom. The zero-order valence-corrected chi connectivity index (χ0v) is 51.5. The molecule has 0 saturated heterocycles. The fourth-order valence-corrected chi connectivity index (χ4v) is 10.9. The molecule has 3 N–H and O–H groups in total. The molecule has 2 atom stereocenters. The van der Waals surface area contributed by atoms with Gasteiger partial charge < -0.3 is 20.3 Å². The first-order valence-corrected chi connectivity index (χ1v) is 34.6. The third-order valence-electron chi connectivity index (χ3n) is 16.2. The van der Waals surface area contributed by atoms with Gasteiger partial charge in [-0.25, -0.2) is 0 Å². The number of unbranched alkanes of at least 4 members (excludes halogenated alkanes) is 52. The van der Waals surface area contributed by atoms with Crippen LogP contribution in [0.1, 0.15) is 386 Å². The van der Waals surface area contributed by atoms with Crippen molar-refractivity contribution in [1.29, 1.82) is 0 Å². The molecule has 0 aliphatic carbocycles. The number of rotatable bonds is 65. The molecular formula is C70H135NO5. The maximum absolute atomic E-state index is 12.5. The average molecular weight is 1070 g/mol. The Balaban J connectivity index is 3.46. The van der Waals surface area contributed by atoms with E-state index in [0.29, 0.717) is 19.4 Å². The van der Waals surface area contributed by atoms with Crippen LogP contribution in [-0.4, -0.2) is 47.4 Å². The summed E-state index contributed by atoms with van der Waals surface area (Å²) in [6.45, 7) is 4.91. The average Bonchev–Trinajstić information content (AvgIpc) is 3.42. The molecule has 0 rings (SSSR count). The Labute approximate surface area is 475 Å². The van der Waals surface area contributed by atoms with Crippen LogP contribution >= 0.6 is 0 Å². The van der Waals surface area contributed by atoms with E-state index in [2.05, 4.69) is 31.3 Å². The number of amides is 1. The second-order valence-electron chi connectivity index (χ2n) is 23.9. The molecule has 0 spiro atoms. The fraction of sp³-hybridized carbons (Fsp3) is 0.914. The molecule has 1 amide bonds. The van der Waals surface area contributed by atoms with Crippen LogP contribution in [-0.2, 0) is 14.3 Å². The van der Waals surface area contributed by atoms with E-state index in [4.69, 9.17) is 4.74 Å². The molecule has 6 heteroatoms. The van der Waals surface area contributed by atoms with Gasteiger partial charge in [0.05, 0.1) is 25.4 Å². The van der Waals surface area contributed by atoms with Crippen LogP contribution in [0.5, 0.6) is 0 Å². The van der Waals surface area contributed by atoms with Gasteiger partial charge in [0.1, 0.15) is 0 Å². The monoisotopic (exact) mass is 1070 g/mol. The van der Waals surface area contributed by atoms with E-state index in [9.17, 15) is 19.8 Å². The number of allylic oxidation sites excluding steroid dienone is 3. The van der Waals surface area contributed by atoms with E-state index in [1.54, 1.807) is 6.08 Å². The predicted molar refractivity (Wildman–Crippen MR) is 333 cm³/mol. The molecule has 0 fully saturated rings. The number of carbonyl (C=O) groups is 2. The summed E-state index contributed by atoms with van der Waals surface area (Å²) in [4.78, 5) is 24.6. The van der Waals surface area contributed by atoms with Gasteiger partial charge in [0.15, 0.2) is 0 Å². The topological polar surface area (TPSA) is 95.9 Å². The fourth-order valence-electron chi connectivity index (χ4n) is 10.9. The lowest BCUT2D eigenvalue weighted by molar-refractivity contribution is -0.143. The molecule has 0 aliphatic rings. The van der Waals surface area contributed by atoms with Gasteiger partial charge >= 0.3 is 5.97 Å². The number of nitrogens with one attached hydrogen (secondary N) is 1. The number of aliphatic hydroxyl groups is 2. The molecule has 2 unspecified atom stereocenters. The summed E-state index contributed by atoms with van der Waals surface area (Å²) in [5.74, 6) is -0.0840. The summed E-state index contributed by atoms with van der Waals surface area (Å²) in [5.41, 5.74) is 0. The number of ether oxygens (including phenoxy) is 1. The molecule has 0 saturated carbocycles. The molecule has 6 nitrogen and oxygen atoms in total. The summed E-state index contributed by atoms with van der Waals surface area (Å²) in [7, 11) is 0. The van der Waals surface area contributed by atoms with E-state index in [0.717, 1.165) is 70.6 Å². The first kappa shape index (κ1) is 74.3. The SMILES string of the molecule is CCCCCCCCCCCCCCCCCCCCCCCCC/C=C/C(O)C(CO)NC(=O)CCCCCCCCC/C=C\CCCCCCOC(=O)CCCCCCCCCCCCCCCCCCCCC. The number of esters is 1. The predicted octanol–water partition coefficient (Wildman–Crippen LogP) is 22.1. The highest BCUT2D eigenvalue weighted by Crippen LogP contribution is 2.19. The lowest BCUT2D eigenvalue weighted by Gasteiger charge is -2.20. The van der Waals surface area contributed by atoms with Crippen molar-refractivity contribution in [3.05, 3.63) is 24.3 Å². The Bertz CT molecular complexity index is 1190. The normalized spacial score (nSPS) is 12.6. The number of aliphatic hydroxyl groups excluding tert-OH is 2. The minimum atomic E-state index is -0.856. The summed E-state index contributed by atoms with van der Waals surface area (Å²) in [6.07, 6.45) is 82.4. The van der Waals surface area contributed by atoms with Crippen LogP contribution in [0.4, 0.5) is 0 Å². The van der Waals surface area contributed by atoms with Gasteiger partial charge in [0.25, 0.3) is 0 Å². The van der Waals surface area contributed by atoms with Crippen LogP contribution in [0.3, 0.4) is 0 Å². The van der Waals surface area contributed by atoms with Crippen LogP contribution in [0.2, 0.25) is 0 Å². The van der Waals surface area contributed by atoms with Gasteiger partial charge in [-0.2, -0.15) is 0 Å². The summed E-state index contributed by atoms with van der Waals surface area (Å²) in [5, 5.41) is 23.3. The van der Waals surface area contributed by atoms with E-state index in [1.807, 2.05) is 6.08 Å². The van der Waals surface area contributed by atoms with Gasteiger partial charge in [-0.05, 0) is 57.8 Å². The Kier molecular flexibility index (Phi) is 64.4. The number of hydrogen-bond acceptors (Lipinski definition) is 5. The van der Waals surface area contributed by atoms with Crippen molar-refractivity contribution in [3.63, 3.8) is 0 Å². The van der Waals surface area contributed by atoms with Crippen LogP contribution in [0.15, 0.2) is 24.3 Å². The standard InChI is InChI=1S/C70H135NO5/c1-3-5-7-9-11-13-15-17-19-21-23-24-25-26-27-28-30-31-34-38-42-46-50-54-58-62-68(73)67(66-72)71-69(74)63-59-55-51-47-43-39-35-33-37-41-45-49-53-57-61-65-76-70(75)64-60-56-52-48-44-40-36-32-29-22-20-18-16-14-12-10-8-6-4-2/h37,41,58,62,67-68,72-73H,3-36,38-40,42-57,59-61,63-66H2,1-2H3,(H,71,74)/b41-37-,62-58+. The van der Waals surface area contributed by atoms with Gasteiger partial charge in [-0.15, -0.1) is 0 Å². The second kappa shape index (κ2) is 65.9. The Morgan fingerprint density at radius 2 is 0.618 bits per heavy atom. The molecular weight excluding hydrogens is 935 g/mol. The minimum Gasteiger partial charge on any atom is -0.466 e. The van der Waals surface area contributed by atoms with Crippen LogP contribution in [0.25, 0.3) is 0 Å². The summed E-state index contributed by atoms with van der Waals surface area (Å²) in [6, 6.07) is -0.641. The van der Waals surface area contributed by atoms with Gasteiger partial charge in [-0.1, -0.05) is 340 Å². The third-order valence-corrected chi connectivity index (χ3v) is 16.2. The molecule has 0 aromatic rings. The van der Waals surface area contributed by atoms with Crippen molar-refractivity contribution >= 4 is 11.9 Å². The van der Waals surface area contributed by atoms with Crippen molar-refractivity contribution in [2.24, 2.45) is 0 Å². The number of hydrogen-bond donors (Lipinski definition) is 3. The molecule has 0 aromatic carbocycles. The minimum absolute atomic E-state index is 0.00532. The molecule has 0 aliphatic heterocycles. The zero-order valence-electron chi connectivity index (χ0n) is 51.5. The highest BCUT2D eigenvalue weighted by atomic mass is 16.5. The summed E-state index contributed by atoms with van der Waals surface area (Å²) >= 11 is 0. The number of carbonyl (C=O) groups excluding carboxylic acids is 2. The molecule has 0 bridgehead atoms. The first-order chi connectivity index (χ1) is 37.5. The molecule has 0 heterocycles. The van der Waals surface area contributed by atoms with Crippen molar-refractivity contribution in [3.8, 4) is 0 Å². The van der Waals surface area contributed by atoms with Crippen LogP contribution < -0.4 is 5.32 Å². The van der Waals surface area contributed by atoms with E-state index in [1.165, 1.54) is 289 Å². The highest BCUT2D eigenvalue weighted by Gasteiger charge is 2.18. The van der Waals surface area contributed by atoms with Crippen molar-refractivity contribution < 1.29 is 24.5 Å². The van der Waals surface area contributed by atoms with Gasteiger partial charge in [-0.3, -0.25) is 9.59 Å². The largest absolute Gasteiger partial charge is 0.466 e. The van der Waals surface area contributed by atoms with E-state index >= 15 is 0 Å². The Hall–Kier alpha value is -1.66. The third kappa shape index (κ3) is 61.6. The lowest BCUT2D eigenvalue weighted by atomic mass is 10.0. The quantitative estimate of drug-likeness (QED) is 0.0320. The highest BCUT2D eigenvalue weighted by molar-refractivity contribution is 5.76. The summed E-state index contributed by atoms with van der Waals surface area (Å²) < 4.78 is 5.49. The zero-order chi connectivity index (χ0) is 55.0. The maximum Gasteiger partial charge on any atom is 0.305 e. The first-order valence-electron chi connectivity index (χ1n) is 34.6. The Morgan fingerprint density at radius 3 is 0.934 bits per heavy atom. The van der Waals surface area contributed by atoms with E-state index < -0.39 is 12.1 Å². The van der Waals surface area contributed by atoms with Gasteiger partial charge in [0, 0.05) is 12.8 Å². The van der Waals surface area contributed by atoms with E-state index in [-0.39, 0.29) is 18.5 Å². The molecule has 0 radical (unpaired) electrons. The smallest absolute Gasteiger partial charge is 0.305 e. The van der Waals surface area contributed by atoms with Crippen LogP contribution in [0, 0.1) is 0 Å². The molecule has 76 heavy (non-hydrogen) atoms. The van der Waals surface area contributed by atoms with Crippen molar-refractivity contribution in [2.75, 3.05) is 13.2 Å². The molecule has 0 aromatic heterocycles. The second-order valence-corrected chi connectivity index (χ2v) is 23.9. The maximum atomic E-state index is 12.5. The van der Waals surface area contributed by atoms with Crippen molar-refractivity contribution in [2.45, 2.75) is 398 Å².